The molecule has 1 aromatic carbocycles. The third-order valence-corrected chi connectivity index (χ3v) is 8.13. The lowest BCUT2D eigenvalue weighted by atomic mass is 9.96. The average molecular weight is 456 g/mol. The Balaban J connectivity index is 1.60. The molecule has 7 heteroatoms. The monoisotopic (exact) mass is 455 g/mol. The summed E-state index contributed by atoms with van der Waals surface area (Å²) in [7, 11) is -3.31. The summed E-state index contributed by atoms with van der Waals surface area (Å²) in [5.74, 6) is 0.139. The van der Waals surface area contributed by atoms with E-state index < -0.39 is 10.0 Å². The summed E-state index contributed by atoms with van der Waals surface area (Å²) in [5.41, 5.74) is 4.05. The highest BCUT2D eigenvalue weighted by molar-refractivity contribution is 7.90. The van der Waals surface area contributed by atoms with Gasteiger partial charge < -0.3 is 4.57 Å². The second-order valence-corrected chi connectivity index (χ2v) is 12.5. The normalized spacial score (nSPS) is 17.2. The molecule has 3 aromatic rings. The van der Waals surface area contributed by atoms with Gasteiger partial charge in [-0.15, -0.1) is 0 Å². The number of aromatic nitrogens is 2. The highest BCUT2D eigenvalue weighted by atomic mass is 32.2. The molecule has 1 N–H and O–H groups in total. The summed E-state index contributed by atoms with van der Waals surface area (Å²) >= 11 is 0. The first-order chi connectivity index (χ1) is 15.1. The van der Waals surface area contributed by atoms with Gasteiger partial charge in [-0.2, -0.15) is 0 Å². The van der Waals surface area contributed by atoms with Crippen LogP contribution in [0.4, 0.5) is 4.39 Å². The largest absolute Gasteiger partial charge is 0.347 e. The van der Waals surface area contributed by atoms with Gasteiger partial charge in [-0.1, -0.05) is 26.8 Å². The molecular formula is C25H30FN3O2S. The highest BCUT2D eigenvalue weighted by Gasteiger charge is 2.35. The number of hydrogen-bond acceptors (Lipinski definition) is 3. The van der Waals surface area contributed by atoms with Crippen LogP contribution in [-0.2, 0) is 23.1 Å². The molecule has 2 aromatic heterocycles. The van der Waals surface area contributed by atoms with Crippen molar-refractivity contribution < 1.29 is 12.8 Å². The zero-order chi connectivity index (χ0) is 22.7. The summed E-state index contributed by atoms with van der Waals surface area (Å²) in [4.78, 5) is 4.54. The molecular weight excluding hydrogens is 425 g/mol. The van der Waals surface area contributed by atoms with Crippen LogP contribution in [0.5, 0.6) is 0 Å². The van der Waals surface area contributed by atoms with E-state index in [1.165, 1.54) is 0 Å². The first kappa shape index (κ1) is 21.6. The van der Waals surface area contributed by atoms with E-state index in [0.717, 1.165) is 41.4 Å². The Bertz CT molecular complexity index is 1280. The molecule has 2 fully saturated rings. The fourth-order valence-corrected chi connectivity index (χ4v) is 5.74. The van der Waals surface area contributed by atoms with Crippen molar-refractivity contribution in [1.29, 1.82) is 0 Å². The predicted octanol–water partition coefficient (Wildman–Crippen LogP) is 5.35. The first-order valence-electron chi connectivity index (χ1n) is 11.4. The molecule has 0 radical (unpaired) electrons. The van der Waals surface area contributed by atoms with Crippen molar-refractivity contribution in [2.45, 2.75) is 70.7 Å². The summed E-state index contributed by atoms with van der Waals surface area (Å²) in [6.07, 6.45) is 7.35. The maximum atomic E-state index is 15.4. The second kappa shape index (κ2) is 7.66. The molecule has 5 rings (SSSR count). The average Bonchev–Trinajstić information content (AvgIpc) is 3.61. The van der Waals surface area contributed by atoms with Crippen LogP contribution >= 0.6 is 0 Å². The quantitative estimate of drug-likeness (QED) is 0.522. The molecule has 0 bridgehead atoms. The molecule has 2 saturated carbocycles. The van der Waals surface area contributed by atoms with Crippen molar-refractivity contribution in [3.63, 3.8) is 0 Å². The minimum Gasteiger partial charge on any atom is -0.347 e. The zero-order valence-electron chi connectivity index (χ0n) is 18.9. The molecule has 5 nitrogen and oxygen atoms in total. The van der Waals surface area contributed by atoms with E-state index in [9.17, 15) is 8.42 Å². The molecule has 0 saturated heterocycles. The van der Waals surface area contributed by atoms with Crippen molar-refractivity contribution in [3.8, 4) is 11.3 Å². The molecule has 170 valence electrons. The topological polar surface area (TPSA) is 64.0 Å². The molecule has 0 unspecified atom stereocenters. The molecule has 0 amide bonds. The molecule has 0 atom stereocenters. The number of sulfonamides is 1. The molecule has 2 aliphatic rings. The number of nitrogens with one attached hydrogen (secondary N) is 1. The fraction of sp³-hybridized carbons (Fsp3) is 0.480. The van der Waals surface area contributed by atoms with Crippen LogP contribution in [0.2, 0.25) is 0 Å². The number of rotatable bonds is 7. The molecule has 0 aliphatic heterocycles. The Kier molecular flexibility index (Phi) is 5.17. The Morgan fingerprint density at radius 2 is 1.94 bits per heavy atom. The lowest BCUT2D eigenvalue weighted by Gasteiger charge is -2.20. The van der Waals surface area contributed by atoms with Crippen LogP contribution < -0.4 is 4.72 Å². The fourth-order valence-electron chi connectivity index (χ4n) is 4.39. The second-order valence-electron chi connectivity index (χ2n) is 10.5. The number of hydrogen-bond donors (Lipinski definition) is 1. The van der Waals surface area contributed by atoms with E-state index >= 15 is 4.39 Å². The van der Waals surface area contributed by atoms with Gasteiger partial charge in [0.25, 0.3) is 0 Å². The van der Waals surface area contributed by atoms with E-state index in [1.807, 2.05) is 18.3 Å². The van der Waals surface area contributed by atoms with E-state index in [4.69, 9.17) is 0 Å². The maximum Gasteiger partial charge on any atom is 0.214 e. The van der Waals surface area contributed by atoms with Crippen LogP contribution in [0, 0.1) is 11.2 Å². The number of fused-ring (bicyclic) bond motifs is 1. The SMILES string of the molecule is CC(C)(C)Cn1cc(CNS(=O)(=O)C2CC2)c2cc(F)c(-c3ncccc3C3CC3)cc21. The van der Waals surface area contributed by atoms with E-state index in [0.29, 0.717) is 30.0 Å². The number of pyridine rings is 1. The Morgan fingerprint density at radius 1 is 1.19 bits per heavy atom. The van der Waals surface area contributed by atoms with Crippen LogP contribution in [-0.4, -0.2) is 23.2 Å². The van der Waals surface area contributed by atoms with Crippen LogP contribution in [0.1, 0.15) is 63.5 Å². The summed E-state index contributed by atoms with van der Waals surface area (Å²) in [6, 6.07) is 7.41. The zero-order valence-corrected chi connectivity index (χ0v) is 19.7. The van der Waals surface area contributed by atoms with Crippen molar-refractivity contribution in [1.82, 2.24) is 14.3 Å². The van der Waals surface area contributed by atoms with Gasteiger partial charge in [0, 0.05) is 41.9 Å². The molecule has 2 aliphatic carbocycles. The first-order valence-corrected chi connectivity index (χ1v) is 12.9. The Morgan fingerprint density at radius 3 is 2.59 bits per heavy atom. The Hall–Kier alpha value is -2.25. The van der Waals surface area contributed by atoms with Gasteiger partial charge in [0.2, 0.25) is 10.0 Å². The van der Waals surface area contributed by atoms with Crippen molar-refractivity contribution in [2.24, 2.45) is 5.41 Å². The lowest BCUT2D eigenvalue weighted by molar-refractivity contribution is 0.349. The highest BCUT2D eigenvalue weighted by Crippen LogP contribution is 2.44. The summed E-state index contributed by atoms with van der Waals surface area (Å²) in [5, 5.41) is 0.469. The maximum absolute atomic E-state index is 15.4. The van der Waals surface area contributed by atoms with Gasteiger partial charge in [-0.25, -0.2) is 17.5 Å². The smallest absolute Gasteiger partial charge is 0.214 e. The van der Waals surface area contributed by atoms with Gasteiger partial charge in [0.1, 0.15) is 5.82 Å². The van der Waals surface area contributed by atoms with E-state index in [-0.39, 0.29) is 23.0 Å². The van der Waals surface area contributed by atoms with Crippen molar-refractivity contribution >= 4 is 20.9 Å². The van der Waals surface area contributed by atoms with Gasteiger partial charge in [-0.3, -0.25) is 4.98 Å². The minimum absolute atomic E-state index is 0.00938. The Labute approximate surface area is 189 Å². The van der Waals surface area contributed by atoms with E-state index in [2.05, 4.69) is 41.1 Å². The van der Waals surface area contributed by atoms with Crippen LogP contribution in [0.15, 0.2) is 36.7 Å². The summed E-state index contributed by atoms with van der Waals surface area (Å²) in [6.45, 7) is 7.37. The number of nitrogens with zero attached hydrogens (tertiary/aromatic N) is 2. The van der Waals surface area contributed by atoms with Gasteiger partial charge in [-0.05, 0) is 66.3 Å². The standard InChI is InChI=1S/C25H30FN3O2S/c1-25(2,3)15-29-14-17(13-28-32(30,31)18-8-9-18)20-11-22(26)21(12-23(20)29)24-19(16-6-7-16)5-4-10-27-24/h4-5,10-12,14,16,18,28H,6-9,13,15H2,1-3H3. The van der Waals surface area contributed by atoms with E-state index in [1.54, 1.807) is 12.3 Å². The third kappa shape index (κ3) is 4.33. The number of benzene rings is 1. The lowest BCUT2D eigenvalue weighted by Crippen LogP contribution is -2.26. The van der Waals surface area contributed by atoms with Gasteiger partial charge in [0.15, 0.2) is 0 Å². The van der Waals surface area contributed by atoms with Crippen LogP contribution in [0.25, 0.3) is 22.2 Å². The molecule has 32 heavy (non-hydrogen) atoms. The molecule has 0 spiro atoms. The minimum atomic E-state index is -3.31. The molecule has 2 heterocycles. The number of halogens is 1. The van der Waals surface area contributed by atoms with Gasteiger partial charge >= 0.3 is 0 Å². The van der Waals surface area contributed by atoms with Crippen molar-refractivity contribution in [3.05, 3.63) is 53.6 Å². The third-order valence-electron chi connectivity index (χ3n) is 6.24. The summed E-state index contributed by atoms with van der Waals surface area (Å²) < 4.78 is 45.0. The predicted molar refractivity (Wildman–Crippen MR) is 125 cm³/mol. The van der Waals surface area contributed by atoms with Gasteiger partial charge in [0.05, 0.1) is 10.9 Å². The van der Waals surface area contributed by atoms with Crippen LogP contribution in [0.3, 0.4) is 0 Å². The van der Waals surface area contributed by atoms with Crippen molar-refractivity contribution in [2.75, 3.05) is 0 Å².